The molecule has 0 spiro atoms. The molecule has 0 amide bonds. The van der Waals surface area contributed by atoms with Gasteiger partial charge in [0, 0.05) is 25.7 Å². The molecule has 2 fully saturated rings. The van der Waals surface area contributed by atoms with Crippen molar-refractivity contribution in [3.63, 3.8) is 0 Å². The minimum atomic E-state index is -0.266. The van der Waals surface area contributed by atoms with Crippen molar-refractivity contribution in [1.82, 2.24) is 9.80 Å². The number of piperidine rings is 1. The summed E-state index contributed by atoms with van der Waals surface area (Å²) >= 11 is 0. The van der Waals surface area contributed by atoms with Gasteiger partial charge >= 0.3 is 0 Å². The van der Waals surface area contributed by atoms with Gasteiger partial charge < -0.3 is 9.64 Å². The van der Waals surface area contributed by atoms with E-state index in [4.69, 9.17) is 4.74 Å². The molecule has 1 aromatic carbocycles. The zero-order chi connectivity index (χ0) is 13.9. The predicted octanol–water partition coefficient (Wildman–Crippen LogP) is 2.37. The van der Waals surface area contributed by atoms with Crippen molar-refractivity contribution < 1.29 is 9.13 Å². The highest BCUT2D eigenvalue weighted by atomic mass is 19.1. The highest BCUT2D eigenvalue weighted by Gasteiger charge is 2.32. The minimum absolute atomic E-state index is 0.140. The standard InChI is InChI=1S/C16H23FN2O/c1-18-9-5-4-6-13(18)10-19-11-14(12-19)20-16-8-3-2-7-15(16)17/h2-3,7-8,13-14H,4-6,9-12H2,1H3/t13-/m1/s1. The fraction of sp³-hybridized carbons (Fsp3) is 0.625. The number of hydrogen-bond donors (Lipinski definition) is 0. The molecule has 3 rings (SSSR count). The Morgan fingerprint density at radius 3 is 2.80 bits per heavy atom. The molecule has 1 atom stereocenters. The number of benzene rings is 1. The maximum Gasteiger partial charge on any atom is 0.165 e. The van der Waals surface area contributed by atoms with E-state index in [-0.39, 0.29) is 11.9 Å². The second-order valence-electron chi connectivity index (χ2n) is 6.02. The summed E-state index contributed by atoms with van der Waals surface area (Å²) in [5.74, 6) is 0.116. The summed E-state index contributed by atoms with van der Waals surface area (Å²) < 4.78 is 19.2. The molecule has 2 saturated heterocycles. The van der Waals surface area contributed by atoms with Gasteiger partial charge in [0.1, 0.15) is 6.10 Å². The Bertz CT molecular complexity index is 448. The Kier molecular flexibility index (Phi) is 4.22. The van der Waals surface area contributed by atoms with Crippen molar-refractivity contribution in [3.05, 3.63) is 30.1 Å². The lowest BCUT2D eigenvalue weighted by Crippen LogP contribution is -2.58. The van der Waals surface area contributed by atoms with Gasteiger partial charge in [-0.15, -0.1) is 0 Å². The predicted molar refractivity (Wildman–Crippen MR) is 77.5 cm³/mol. The van der Waals surface area contributed by atoms with Crippen LogP contribution in [0.4, 0.5) is 4.39 Å². The zero-order valence-electron chi connectivity index (χ0n) is 12.1. The molecule has 0 radical (unpaired) electrons. The number of hydrogen-bond acceptors (Lipinski definition) is 3. The quantitative estimate of drug-likeness (QED) is 0.841. The third-order valence-corrected chi connectivity index (χ3v) is 4.44. The van der Waals surface area contributed by atoms with Gasteiger partial charge in [0.2, 0.25) is 0 Å². The van der Waals surface area contributed by atoms with Crippen LogP contribution in [-0.4, -0.2) is 55.2 Å². The van der Waals surface area contributed by atoms with Crippen molar-refractivity contribution in [2.24, 2.45) is 0 Å². The highest BCUT2D eigenvalue weighted by molar-refractivity contribution is 5.24. The third-order valence-electron chi connectivity index (χ3n) is 4.44. The van der Waals surface area contributed by atoms with Gasteiger partial charge in [-0.2, -0.15) is 0 Å². The lowest BCUT2D eigenvalue weighted by atomic mass is 10.0. The number of ether oxygens (including phenoxy) is 1. The fourth-order valence-electron chi connectivity index (χ4n) is 3.14. The first-order valence-electron chi connectivity index (χ1n) is 7.56. The number of rotatable bonds is 4. The summed E-state index contributed by atoms with van der Waals surface area (Å²) in [4.78, 5) is 4.88. The molecule has 0 N–H and O–H groups in total. The van der Waals surface area contributed by atoms with Crippen molar-refractivity contribution in [2.45, 2.75) is 31.4 Å². The molecule has 0 unspecified atom stereocenters. The van der Waals surface area contributed by atoms with Crippen LogP contribution in [0.1, 0.15) is 19.3 Å². The van der Waals surface area contributed by atoms with Crippen molar-refractivity contribution in [2.75, 3.05) is 33.2 Å². The Morgan fingerprint density at radius 2 is 2.05 bits per heavy atom. The van der Waals surface area contributed by atoms with Crippen LogP contribution in [0.2, 0.25) is 0 Å². The zero-order valence-corrected chi connectivity index (χ0v) is 12.1. The van der Waals surface area contributed by atoms with Crippen molar-refractivity contribution >= 4 is 0 Å². The molecule has 20 heavy (non-hydrogen) atoms. The average Bonchev–Trinajstić information content (AvgIpc) is 2.40. The lowest BCUT2D eigenvalue weighted by Gasteiger charge is -2.43. The smallest absolute Gasteiger partial charge is 0.165 e. The van der Waals surface area contributed by atoms with Crippen LogP contribution >= 0.6 is 0 Å². The van der Waals surface area contributed by atoms with Crippen LogP contribution < -0.4 is 4.74 Å². The van der Waals surface area contributed by atoms with E-state index in [1.54, 1.807) is 12.1 Å². The van der Waals surface area contributed by atoms with Gasteiger partial charge in [0.25, 0.3) is 0 Å². The first-order chi connectivity index (χ1) is 9.72. The molecule has 2 aliphatic rings. The van der Waals surface area contributed by atoms with Gasteiger partial charge in [0.15, 0.2) is 11.6 Å². The van der Waals surface area contributed by atoms with E-state index in [1.165, 1.54) is 31.9 Å². The molecule has 2 aliphatic heterocycles. The van der Waals surface area contributed by atoms with Gasteiger partial charge in [-0.25, -0.2) is 4.39 Å². The summed E-state index contributed by atoms with van der Waals surface area (Å²) in [6.45, 7) is 4.17. The van der Waals surface area contributed by atoms with E-state index in [9.17, 15) is 4.39 Å². The summed E-state index contributed by atoms with van der Waals surface area (Å²) in [6, 6.07) is 7.33. The molecule has 110 valence electrons. The topological polar surface area (TPSA) is 15.7 Å². The first kappa shape index (κ1) is 13.8. The molecule has 1 aromatic rings. The Morgan fingerprint density at radius 1 is 1.25 bits per heavy atom. The van der Waals surface area contributed by atoms with Crippen LogP contribution in [0.15, 0.2) is 24.3 Å². The van der Waals surface area contributed by atoms with E-state index in [0.29, 0.717) is 11.8 Å². The number of para-hydroxylation sites is 1. The summed E-state index contributed by atoms with van der Waals surface area (Å²) in [6.07, 6.45) is 4.11. The summed E-state index contributed by atoms with van der Waals surface area (Å²) in [7, 11) is 2.22. The second-order valence-corrected chi connectivity index (χ2v) is 6.02. The average molecular weight is 278 g/mol. The maximum absolute atomic E-state index is 13.5. The number of nitrogens with zero attached hydrogens (tertiary/aromatic N) is 2. The first-order valence-corrected chi connectivity index (χ1v) is 7.56. The maximum atomic E-state index is 13.5. The van der Waals surface area contributed by atoms with Crippen LogP contribution in [-0.2, 0) is 0 Å². The van der Waals surface area contributed by atoms with Crippen LogP contribution in [0, 0.1) is 5.82 Å². The molecule has 4 heteroatoms. The lowest BCUT2D eigenvalue weighted by molar-refractivity contribution is -0.00284. The molecule has 0 aromatic heterocycles. The Balaban J connectivity index is 1.44. The number of halogens is 1. The van der Waals surface area contributed by atoms with E-state index in [0.717, 1.165) is 19.6 Å². The summed E-state index contributed by atoms with van der Waals surface area (Å²) in [5.41, 5.74) is 0. The number of likely N-dealkylation sites (tertiary alicyclic amines) is 2. The van der Waals surface area contributed by atoms with Crippen molar-refractivity contribution in [1.29, 1.82) is 0 Å². The Hall–Kier alpha value is -1.13. The molecular weight excluding hydrogens is 255 g/mol. The molecule has 0 aliphatic carbocycles. The Labute approximate surface area is 120 Å². The molecule has 2 heterocycles. The molecule has 3 nitrogen and oxygen atoms in total. The van der Waals surface area contributed by atoms with E-state index >= 15 is 0 Å². The summed E-state index contributed by atoms with van der Waals surface area (Å²) in [5, 5.41) is 0. The highest BCUT2D eigenvalue weighted by Crippen LogP contribution is 2.23. The monoisotopic (exact) mass is 278 g/mol. The normalized spacial score (nSPS) is 25.4. The number of likely N-dealkylation sites (N-methyl/N-ethyl adjacent to an activating group) is 1. The van der Waals surface area contributed by atoms with Crippen LogP contribution in [0.25, 0.3) is 0 Å². The third kappa shape index (κ3) is 3.13. The van der Waals surface area contributed by atoms with Crippen LogP contribution in [0.5, 0.6) is 5.75 Å². The molecule has 0 bridgehead atoms. The molecular formula is C16H23FN2O. The van der Waals surface area contributed by atoms with E-state index in [2.05, 4.69) is 16.8 Å². The molecule has 0 saturated carbocycles. The van der Waals surface area contributed by atoms with Gasteiger partial charge in [0.05, 0.1) is 0 Å². The van der Waals surface area contributed by atoms with E-state index < -0.39 is 0 Å². The second kappa shape index (κ2) is 6.10. The van der Waals surface area contributed by atoms with Crippen LogP contribution in [0.3, 0.4) is 0 Å². The van der Waals surface area contributed by atoms with E-state index in [1.807, 2.05) is 6.07 Å². The largest absolute Gasteiger partial charge is 0.485 e. The minimum Gasteiger partial charge on any atom is -0.485 e. The SMILES string of the molecule is CN1CCCC[C@@H]1CN1CC(Oc2ccccc2F)C1. The van der Waals surface area contributed by atoms with Gasteiger partial charge in [-0.1, -0.05) is 18.6 Å². The van der Waals surface area contributed by atoms with Gasteiger partial charge in [-0.3, -0.25) is 4.90 Å². The van der Waals surface area contributed by atoms with Crippen molar-refractivity contribution in [3.8, 4) is 5.75 Å². The van der Waals surface area contributed by atoms with Gasteiger partial charge in [-0.05, 0) is 38.6 Å². The fourth-order valence-corrected chi connectivity index (χ4v) is 3.14.